The Morgan fingerprint density at radius 3 is 2.55 bits per heavy atom. The van der Waals surface area contributed by atoms with E-state index in [1.807, 2.05) is 13.8 Å². The van der Waals surface area contributed by atoms with Crippen LogP contribution in [0, 0.1) is 0 Å². The van der Waals surface area contributed by atoms with Crippen molar-refractivity contribution in [3.8, 4) is 0 Å². The maximum absolute atomic E-state index is 12.6. The zero-order valence-electron chi connectivity index (χ0n) is 13.5. The van der Waals surface area contributed by atoms with Crippen LogP contribution >= 0.6 is 0 Å². The van der Waals surface area contributed by atoms with E-state index in [9.17, 15) is 14.7 Å². The molecule has 1 fully saturated rings. The van der Waals surface area contributed by atoms with Gasteiger partial charge in [-0.2, -0.15) is 10.3 Å². The fraction of sp³-hybridized carbons (Fsp3) is 0.714. The number of hydrogen-bond acceptors (Lipinski definition) is 5. The molecule has 0 bridgehead atoms. The number of amides is 1. The SMILES string of the molecule is CC(C)(C)OC(=O)N1C(c2n[nH]nc2C(=O)O)CCC1(C)C. The average molecular weight is 310 g/mol. The van der Waals surface area contributed by atoms with Crippen LogP contribution in [-0.2, 0) is 4.74 Å². The maximum Gasteiger partial charge on any atom is 0.411 e. The Bertz CT molecular complexity index is 588. The van der Waals surface area contributed by atoms with Crippen molar-refractivity contribution in [2.75, 3.05) is 0 Å². The van der Waals surface area contributed by atoms with Gasteiger partial charge in [0.1, 0.15) is 11.3 Å². The van der Waals surface area contributed by atoms with Gasteiger partial charge in [0, 0.05) is 5.54 Å². The quantitative estimate of drug-likeness (QED) is 0.868. The summed E-state index contributed by atoms with van der Waals surface area (Å²) >= 11 is 0. The molecule has 1 unspecified atom stereocenters. The van der Waals surface area contributed by atoms with E-state index in [4.69, 9.17) is 4.74 Å². The summed E-state index contributed by atoms with van der Waals surface area (Å²) in [6, 6.07) is -0.463. The highest BCUT2D eigenvalue weighted by molar-refractivity contribution is 5.86. The van der Waals surface area contributed by atoms with Crippen molar-refractivity contribution in [2.24, 2.45) is 0 Å². The van der Waals surface area contributed by atoms with E-state index < -0.39 is 29.2 Å². The van der Waals surface area contributed by atoms with Crippen LogP contribution in [0.3, 0.4) is 0 Å². The predicted octanol–water partition coefficient (Wildman–Crippen LogP) is 2.35. The number of H-pyrrole nitrogens is 1. The smallest absolute Gasteiger partial charge is 0.411 e. The highest BCUT2D eigenvalue weighted by Crippen LogP contribution is 2.43. The highest BCUT2D eigenvalue weighted by Gasteiger charge is 2.47. The Hall–Kier alpha value is -2.12. The molecule has 8 nitrogen and oxygen atoms in total. The first-order valence-electron chi connectivity index (χ1n) is 7.19. The molecule has 1 aromatic heterocycles. The van der Waals surface area contributed by atoms with Crippen LogP contribution in [0.1, 0.15) is 69.7 Å². The third-order valence-corrected chi connectivity index (χ3v) is 3.68. The van der Waals surface area contributed by atoms with E-state index in [0.717, 1.165) is 6.42 Å². The van der Waals surface area contributed by atoms with Gasteiger partial charge in [0.15, 0.2) is 5.69 Å². The van der Waals surface area contributed by atoms with Crippen molar-refractivity contribution < 1.29 is 19.4 Å². The molecule has 1 aliphatic rings. The number of aromatic carboxylic acids is 1. The van der Waals surface area contributed by atoms with E-state index in [1.165, 1.54) is 0 Å². The normalized spacial score (nSPS) is 21.0. The second-order valence-corrected chi connectivity index (χ2v) is 7.08. The molecule has 1 aliphatic heterocycles. The largest absolute Gasteiger partial charge is 0.476 e. The third-order valence-electron chi connectivity index (χ3n) is 3.68. The molecule has 0 aromatic carbocycles. The Morgan fingerprint density at radius 1 is 1.36 bits per heavy atom. The van der Waals surface area contributed by atoms with Gasteiger partial charge in [0.2, 0.25) is 0 Å². The molecule has 8 heteroatoms. The molecule has 2 N–H and O–H groups in total. The number of ether oxygens (including phenoxy) is 1. The lowest BCUT2D eigenvalue weighted by molar-refractivity contribution is 0.00286. The first-order valence-corrected chi connectivity index (χ1v) is 7.19. The molecule has 1 atom stereocenters. The van der Waals surface area contributed by atoms with Gasteiger partial charge in [0.25, 0.3) is 0 Å². The van der Waals surface area contributed by atoms with Crippen molar-refractivity contribution in [1.29, 1.82) is 0 Å². The molecule has 0 saturated carbocycles. The van der Waals surface area contributed by atoms with Crippen LogP contribution in [0.15, 0.2) is 0 Å². The Labute approximate surface area is 128 Å². The van der Waals surface area contributed by atoms with E-state index in [2.05, 4.69) is 15.4 Å². The number of carboxylic acids is 1. The Balaban J connectivity index is 2.36. The van der Waals surface area contributed by atoms with Gasteiger partial charge in [-0.25, -0.2) is 9.59 Å². The molecule has 2 heterocycles. The van der Waals surface area contributed by atoms with Crippen LogP contribution < -0.4 is 0 Å². The summed E-state index contributed by atoms with van der Waals surface area (Å²) in [6.45, 7) is 9.24. The van der Waals surface area contributed by atoms with Gasteiger partial charge >= 0.3 is 12.1 Å². The van der Waals surface area contributed by atoms with Crippen molar-refractivity contribution in [3.05, 3.63) is 11.4 Å². The zero-order valence-corrected chi connectivity index (χ0v) is 13.5. The van der Waals surface area contributed by atoms with Crippen LogP contribution in [0.4, 0.5) is 4.79 Å². The second kappa shape index (κ2) is 5.26. The number of rotatable bonds is 2. The van der Waals surface area contributed by atoms with Gasteiger partial charge in [0.05, 0.1) is 6.04 Å². The molecule has 1 amide bonds. The molecule has 22 heavy (non-hydrogen) atoms. The van der Waals surface area contributed by atoms with Crippen LogP contribution in [0.5, 0.6) is 0 Å². The molecular formula is C14H22N4O4. The minimum Gasteiger partial charge on any atom is -0.476 e. The zero-order chi connectivity index (χ0) is 16.7. The fourth-order valence-electron chi connectivity index (χ4n) is 2.73. The van der Waals surface area contributed by atoms with Crippen molar-refractivity contribution in [3.63, 3.8) is 0 Å². The predicted molar refractivity (Wildman–Crippen MR) is 77.5 cm³/mol. The fourth-order valence-corrected chi connectivity index (χ4v) is 2.73. The molecule has 2 rings (SSSR count). The summed E-state index contributed by atoms with van der Waals surface area (Å²) in [7, 11) is 0. The number of hydrogen-bond donors (Lipinski definition) is 2. The summed E-state index contributed by atoms with van der Waals surface area (Å²) < 4.78 is 5.47. The van der Waals surface area contributed by atoms with Gasteiger partial charge in [-0.1, -0.05) is 0 Å². The van der Waals surface area contributed by atoms with Gasteiger partial charge in [-0.05, 0) is 47.5 Å². The number of carbonyl (C=O) groups excluding carboxylic acids is 1. The van der Waals surface area contributed by atoms with Crippen LogP contribution in [0.25, 0.3) is 0 Å². The average Bonchev–Trinajstić information content (AvgIpc) is 2.89. The first-order chi connectivity index (χ1) is 10.0. The van der Waals surface area contributed by atoms with Crippen molar-refractivity contribution >= 4 is 12.1 Å². The number of nitrogens with zero attached hydrogens (tertiary/aromatic N) is 3. The number of likely N-dealkylation sites (tertiary alicyclic amines) is 1. The van der Waals surface area contributed by atoms with Crippen molar-refractivity contribution in [2.45, 2.75) is 64.6 Å². The lowest BCUT2D eigenvalue weighted by Crippen LogP contribution is -2.46. The second-order valence-electron chi connectivity index (χ2n) is 7.08. The van der Waals surface area contributed by atoms with E-state index in [0.29, 0.717) is 6.42 Å². The first kappa shape index (κ1) is 16.3. The van der Waals surface area contributed by atoms with Gasteiger partial charge < -0.3 is 9.84 Å². The minimum absolute atomic E-state index is 0.156. The molecule has 0 radical (unpaired) electrons. The minimum atomic E-state index is -1.17. The lowest BCUT2D eigenvalue weighted by Gasteiger charge is -2.36. The Morgan fingerprint density at radius 2 is 2.00 bits per heavy atom. The van der Waals surface area contributed by atoms with Crippen LogP contribution in [0.2, 0.25) is 0 Å². The number of aromatic amines is 1. The van der Waals surface area contributed by atoms with E-state index >= 15 is 0 Å². The van der Waals surface area contributed by atoms with Crippen molar-refractivity contribution in [1.82, 2.24) is 20.3 Å². The van der Waals surface area contributed by atoms with Gasteiger partial charge in [-0.15, -0.1) is 5.10 Å². The lowest BCUT2D eigenvalue weighted by atomic mass is 10.0. The molecule has 1 saturated heterocycles. The highest BCUT2D eigenvalue weighted by atomic mass is 16.6. The Kier molecular flexibility index (Phi) is 3.88. The standard InChI is InChI=1S/C14H22N4O4/c1-13(2,3)22-12(21)18-8(6-7-14(18,4)5)9-10(11(19)20)16-17-15-9/h8H,6-7H2,1-5H3,(H,19,20)(H,15,16,17). The van der Waals surface area contributed by atoms with E-state index in [1.54, 1.807) is 25.7 Å². The maximum atomic E-state index is 12.6. The third kappa shape index (κ3) is 3.05. The molecule has 0 spiro atoms. The monoisotopic (exact) mass is 310 g/mol. The molecular weight excluding hydrogens is 288 g/mol. The van der Waals surface area contributed by atoms with Crippen LogP contribution in [-0.4, -0.2) is 48.6 Å². The summed E-state index contributed by atoms with van der Waals surface area (Å²) in [5.41, 5.74) is -0.957. The topological polar surface area (TPSA) is 108 Å². The summed E-state index contributed by atoms with van der Waals surface area (Å²) in [5.74, 6) is -1.17. The number of carboxylic acid groups (broad SMARTS) is 1. The number of aromatic nitrogens is 3. The van der Waals surface area contributed by atoms with E-state index in [-0.39, 0.29) is 11.4 Å². The molecule has 122 valence electrons. The summed E-state index contributed by atoms with van der Waals surface area (Å²) in [4.78, 5) is 25.4. The number of carbonyl (C=O) groups is 2. The summed E-state index contributed by atoms with van der Waals surface area (Å²) in [6.07, 6.45) is 0.862. The molecule has 0 aliphatic carbocycles. The molecule has 1 aromatic rings. The summed E-state index contributed by atoms with van der Waals surface area (Å²) in [5, 5.41) is 19.1. The van der Waals surface area contributed by atoms with Gasteiger partial charge in [-0.3, -0.25) is 4.90 Å². The number of nitrogens with one attached hydrogen (secondary N) is 1.